The maximum Gasteiger partial charge on any atom is 0.306 e. The summed E-state index contributed by atoms with van der Waals surface area (Å²) in [6.07, 6.45) is 2.35. The molecule has 0 bridgehead atoms. The van der Waals surface area contributed by atoms with Crippen LogP contribution in [-0.4, -0.2) is 31.7 Å². The van der Waals surface area contributed by atoms with Gasteiger partial charge in [0.15, 0.2) is 9.84 Å². The van der Waals surface area contributed by atoms with Crippen LogP contribution >= 0.6 is 0 Å². The lowest BCUT2D eigenvalue weighted by Gasteiger charge is -2.13. The van der Waals surface area contributed by atoms with Gasteiger partial charge in [0.05, 0.1) is 16.5 Å². The Labute approximate surface area is 123 Å². The fourth-order valence-corrected chi connectivity index (χ4v) is 3.42. The molecule has 0 aromatic heterocycles. The SMILES string of the molecule is CS(=O)(=O)c1ccccc1NC(=O)C1CCC(C(=O)O)C1. The van der Waals surface area contributed by atoms with Gasteiger partial charge in [0.2, 0.25) is 5.91 Å². The van der Waals surface area contributed by atoms with E-state index in [1.54, 1.807) is 12.1 Å². The molecule has 0 radical (unpaired) electrons. The second-order valence-corrected chi connectivity index (χ2v) is 7.29. The summed E-state index contributed by atoms with van der Waals surface area (Å²) in [6, 6.07) is 6.18. The van der Waals surface area contributed by atoms with Crippen LogP contribution in [-0.2, 0) is 19.4 Å². The largest absolute Gasteiger partial charge is 0.481 e. The van der Waals surface area contributed by atoms with Gasteiger partial charge in [-0.2, -0.15) is 0 Å². The predicted octanol–water partition coefficient (Wildman–Crippen LogP) is 1.53. The van der Waals surface area contributed by atoms with Crippen molar-refractivity contribution in [1.29, 1.82) is 0 Å². The summed E-state index contributed by atoms with van der Waals surface area (Å²) >= 11 is 0. The van der Waals surface area contributed by atoms with Gasteiger partial charge in [-0.3, -0.25) is 9.59 Å². The standard InChI is InChI=1S/C14H17NO5S/c1-21(19,20)12-5-3-2-4-11(12)15-13(16)9-6-7-10(8-9)14(17)18/h2-5,9-10H,6-8H2,1H3,(H,15,16)(H,17,18). The highest BCUT2D eigenvalue weighted by molar-refractivity contribution is 7.90. The van der Waals surface area contributed by atoms with Crippen LogP contribution in [0.4, 0.5) is 5.69 Å². The first-order valence-electron chi connectivity index (χ1n) is 6.62. The molecule has 2 N–H and O–H groups in total. The van der Waals surface area contributed by atoms with Crippen LogP contribution in [0.15, 0.2) is 29.2 Å². The van der Waals surface area contributed by atoms with E-state index in [0.29, 0.717) is 19.3 Å². The van der Waals surface area contributed by atoms with Crippen molar-refractivity contribution in [2.75, 3.05) is 11.6 Å². The van der Waals surface area contributed by atoms with E-state index in [1.807, 2.05) is 0 Å². The fourth-order valence-electron chi connectivity index (χ4n) is 2.57. The topological polar surface area (TPSA) is 101 Å². The third-order valence-electron chi connectivity index (χ3n) is 3.70. The van der Waals surface area contributed by atoms with E-state index >= 15 is 0 Å². The lowest BCUT2D eigenvalue weighted by atomic mass is 10.0. The number of para-hydroxylation sites is 1. The molecule has 1 aromatic rings. The van der Waals surface area contributed by atoms with Gasteiger partial charge in [0.1, 0.15) is 0 Å². The van der Waals surface area contributed by atoms with E-state index < -0.39 is 27.6 Å². The Morgan fingerprint density at radius 2 is 1.81 bits per heavy atom. The number of amides is 1. The van der Waals surface area contributed by atoms with Gasteiger partial charge in [-0.25, -0.2) is 8.42 Å². The smallest absolute Gasteiger partial charge is 0.306 e. The summed E-state index contributed by atoms with van der Waals surface area (Å²) in [7, 11) is -3.44. The molecule has 21 heavy (non-hydrogen) atoms. The zero-order valence-electron chi connectivity index (χ0n) is 11.6. The summed E-state index contributed by atoms with van der Waals surface area (Å²) in [5.41, 5.74) is 0.240. The van der Waals surface area contributed by atoms with E-state index in [4.69, 9.17) is 5.11 Å². The van der Waals surface area contributed by atoms with Crippen LogP contribution < -0.4 is 5.32 Å². The third kappa shape index (κ3) is 3.60. The number of carboxylic acids is 1. The quantitative estimate of drug-likeness (QED) is 0.878. The van der Waals surface area contributed by atoms with Gasteiger partial charge in [-0.05, 0) is 31.4 Å². The molecule has 0 saturated heterocycles. The zero-order valence-corrected chi connectivity index (χ0v) is 12.4. The molecule has 0 spiro atoms. The number of rotatable bonds is 4. The van der Waals surface area contributed by atoms with Crippen LogP contribution in [0.5, 0.6) is 0 Å². The highest BCUT2D eigenvalue weighted by atomic mass is 32.2. The number of hydrogen-bond acceptors (Lipinski definition) is 4. The molecule has 0 aliphatic heterocycles. The number of carbonyl (C=O) groups excluding carboxylic acids is 1. The number of aliphatic carboxylic acids is 1. The number of nitrogens with one attached hydrogen (secondary N) is 1. The molecule has 2 atom stereocenters. The van der Waals surface area contributed by atoms with Crippen molar-refractivity contribution in [1.82, 2.24) is 0 Å². The summed E-state index contributed by atoms with van der Waals surface area (Å²) in [6.45, 7) is 0. The molecule has 1 fully saturated rings. The highest BCUT2D eigenvalue weighted by Crippen LogP contribution is 2.32. The van der Waals surface area contributed by atoms with Crippen LogP contribution in [0.1, 0.15) is 19.3 Å². The maximum absolute atomic E-state index is 12.2. The van der Waals surface area contributed by atoms with Gasteiger partial charge < -0.3 is 10.4 Å². The number of sulfone groups is 1. The monoisotopic (exact) mass is 311 g/mol. The lowest BCUT2D eigenvalue weighted by molar-refractivity contribution is -0.141. The van der Waals surface area contributed by atoms with Crippen molar-refractivity contribution < 1.29 is 23.1 Å². The van der Waals surface area contributed by atoms with Crippen molar-refractivity contribution in [3.8, 4) is 0 Å². The first-order chi connectivity index (χ1) is 9.79. The molecule has 1 aliphatic carbocycles. The maximum atomic E-state index is 12.2. The molecule has 1 aliphatic rings. The Morgan fingerprint density at radius 3 is 2.38 bits per heavy atom. The molecule has 7 heteroatoms. The van der Waals surface area contributed by atoms with Crippen molar-refractivity contribution in [2.24, 2.45) is 11.8 Å². The summed E-state index contributed by atoms with van der Waals surface area (Å²) in [5, 5.41) is 11.5. The highest BCUT2D eigenvalue weighted by Gasteiger charge is 2.34. The molecular formula is C14H17NO5S. The Balaban J connectivity index is 2.13. The van der Waals surface area contributed by atoms with Gasteiger partial charge >= 0.3 is 5.97 Å². The van der Waals surface area contributed by atoms with Crippen molar-refractivity contribution in [3.63, 3.8) is 0 Å². The van der Waals surface area contributed by atoms with E-state index in [-0.39, 0.29) is 16.5 Å². The number of hydrogen-bond donors (Lipinski definition) is 2. The minimum Gasteiger partial charge on any atom is -0.481 e. The average Bonchev–Trinajstić information content (AvgIpc) is 2.88. The fraction of sp³-hybridized carbons (Fsp3) is 0.429. The zero-order chi connectivity index (χ0) is 15.6. The van der Waals surface area contributed by atoms with Gasteiger partial charge in [-0.1, -0.05) is 12.1 Å². The van der Waals surface area contributed by atoms with Crippen molar-refractivity contribution in [2.45, 2.75) is 24.2 Å². The minimum atomic E-state index is -3.44. The van der Waals surface area contributed by atoms with Gasteiger partial charge in [-0.15, -0.1) is 0 Å². The Kier molecular flexibility index (Phi) is 4.32. The van der Waals surface area contributed by atoms with Crippen molar-refractivity contribution >= 4 is 27.4 Å². The second-order valence-electron chi connectivity index (χ2n) is 5.30. The van der Waals surface area contributed by atoms with Gasteiger partial charge in [0, 0.05) is 12.2 Å². The van der Waals surface area contributed by atoms with Crippen LogP contribution in [0.25, 0.3) is 0 Å². The van der Waals surface area contributed by atoms with E-state index in [2.05, 4.69) is 5.32 Å². The van der Waals surface area contributed by atoms with Gasteiger partial charge in [0.25, 0.3) is 0 Å². The molecule has 1 amide bonds. The molecule has 2 unspecified atom stereocenters. The molecule has 1 aromatic carbocycles. The number of carboxylic acid groups (broad SMARTS) is 1. The molecule has 1 saturated carbocycles. The van der Waals surface area contributed by atoms with Crippen LogP contribution in [0.2, 0.25) is 0 Å². The van der Waals surface area contributed by atoms with E-state index in [1.165, 1.54) is 12.1 Å². The lowest BCUT2D eigenvalue weighted by Crippen LogP contribution is -2.22. The summed E-state index contributed by atoms with van der Waals surface area (Å²) in [5.74, 6) is -2.10. The molecular weight excluding hydrogens is 294 g/mol. The summed E-state index contributed by atoms with van der Waals surface area (Å²) in [4.78, 5) is 23.1. The number of benzene rings is 1. The third-order valence-corrected chi connectivity index (χ3v) is 4.85. The minimum absolute atomic E-state index is 0.0612. The normalized spacial score (nSPS) is 22.0. The summed E-state index contributed by atoms with van der Waals surface area (Å²) < 4.78 is 23.3. The first-order valence-corrected chi connectivity index (χ1v) is 8.51. The Hall–Kier alpha value is -1.89. The molecule has 0 heterocycles. The Morgan fingerprint density at radius 1 is 1.19 bits per heavy atom. The predicted molar refractivity (Wildman–Crippen MR) is 76.6 cm³/mol. The Bertz CT molecular complexity index is 668. The molecule has 6 nitrogen and oxygen atoms in total. The average molecular weight is 311 g/mol. The van der Waals surface area contributed by atoms with E-state index in [0.717, 1.165) is 6.26 Å². The van der Waals surface area contributed by atoms with Crippen molar-refractivity contribution in [3.05, 3.63) is 24.3 Å². The number of anilines is 1. The first kappa shape index (κ1) is 15.5. The van der Waals surface area contributed by atoms with E-state index in [9.17, 15) is 18.0 Å². The molecule has 114 valence electrons. The second kappa shape index (κ2) is 5.85. The number of carbonyl (C=O) groups is 2. The van der Waals surface area contributed by atoms with Crippen LogP contribution in [0.3, 0.4) is 0 Å². The molecule has 2 rings (SSSR count). The van der Waals surface area contributed by atoms with Crippen LogP contribution in [0, 0.1) is 11.8 Å².